The van der Waals surface area contributed by atoms with Crippen molar-refractivity contribution in [3.8, 4) is 11.1 Å². The summed E-state index contributed by atoms with van der Waals surface area (Å²) in [4.78, 5) is 26.4. The standard InChI is InChI=1S/C42H48ClNO2.O3S/c1-6-7-40(45)34-10-8-29(9-11-34)27-39(33-14-12-30(13-15-33)31-16-20-35(21-17-31)42(3,4)5)41(46)44-37-23-18-32(19-24-37)38-25-22-36(43)26-28(38)2;1-4(2)3/h8-15,18-19,22-26,31,35,39H,6-7,16-17,20-21,27H2,1-5H3,(H,44,46);/t31?,35?,39-;/m0./s1. The zero-order valence-corrected chi connectivity index (χ0v) is 31.2. The Hall–Kier alpha value is -4.07. The van der Waals surface area contributed by atoms with E-state index in [1.54, 1.807) is 0 Å². The molecule has 1 saturated carbocycles. The molecule has 0 saturated heterocycles. The largest absolute Gasteiger partial charge is 0.425 e. The van der Waals surface area contributed by atoms with Crippen LogP contribution in [0.4, 0.5) is 5.69 Å². The summed E-state index contributed by atoms with van der Waals surface area (Å²) < 4.78 is 25.3. The number of amides is 1. The lowest BCUT2D eigenvalue weighted by molar-refractivity contribution is -0.117. The highest BCUT2D eigenvalue weighted by atomic mass is 35.5. The lowest BCUT2D eigenvalue weighted by Gasteiger charge is -2.37. The number of hydrogen-bond acceptors (Lipinski definition) is 5. The van der Waals surface area contributed by atoms with Crippen molar-refractivity contribution in [3.63, 3.8) is 0 Å². The Balaban J connectivity index is 0.00000133. The number of anilines is 1. The number of Topliss-reactive ketones (excluding diaryl/α,β-unsaturated/α-hetero) is 1. The first kappa shape index (κ1) is 38.7. The first-order valence-corrected chi connectivity index (χ1v) is 18.8. The maximum atomic E-state index is 14.0. The van der Waals surface area contributed by atoms with Crippen LogP contribution in [0.1, 0.15) is 111 Å². The summed E-state index contributed by atoms with van der Waals surface area (Å²) >= 11 is 6.16. The molecule has 5 rings (SSSR count). The van der Waals surface area contributed by atoms with Gasteiger partial charge in [-0.3, -0.25) is 9.59 Å². The normalized spacial score (nSPS) is 16.4. The van der Waals surface area contributed by atoms with Crippen molar-refractivity contribution in [3.05, 3.63) is 124 Å². The number of rotatable bonds is 10. The fourth-order valence-electron chi connectivity index (χ4n) is 7.00. The average Bonchev–Trinajstić information content (AvgIpc) is 3.07. The molecular weight excluding hydrogens is 666 g/mol. The smallest absolute Gasteiger partial charge is 0.326 e. The van der Waals surface area contributed by atoms with E-state index in [4.69, 9.17) is 24.2 Å². The van der Waals surface area contributed by atoms with Crippen LogP contribution >= 0.6 is 11.6 Å². The summed E-state index contributed by atoms with van der Waals surface area (Å²) in [7, 11) is -3.11. The Morgan fingerprint density at radius 2 is 1.44 bits per heavy atom. The van der Waals surface area contributed by atoms with E-state index in [1.807, 2.05) is 73.7 Å². The Morgan fingerprint density at radius 3 is 1.98 bits per heavy atom. The number of ketones is 1. The van der Waals surface area contributed by atoms with Crippen LogP contribution in [0.15, 0.2) is 91.0 Å². The second-order valence-corrected chi connectivity index (χ2v) is 15.3. The molecular formula is C42H48ClNO5S. The monoisotopic (exact) mass is 713 g/mol. The Kier molecular flexibility index (Phi) is 13.7. The predicted molar refractivity (Wildman–Crippen MR) is 203 cm³/mol. The molecule has 264 valence electrons. The Labute approximate surface area is 303 Å². The van der Waals surface area contributed by atoms with Gasteiger partial charge in [0.15, 0.2) is 5.78 Å². The van der Waals surface area contributed by atoms with Gasteiger partial charge in [0.05, 0.1) is 5.92 Å². The molecule has 0 spiro atoms. The van der Waals surface area contributed by atoms with E-state index in [-0.39, 0.29) is 17.6 Å². The molecule has 1 aliphatic rings. The SMILES string of the molecule is CCCC(=O)c1ccc(C[C@H](C(=O)Nc2ccc(-c3ccc(Cl)cc3C)cc2)c2ccc(C3CCC(C(C)(C)C)CC3)cc2)cc1.O=S(=O)=O. The van der Waals surface area contributed by atoms with Gasteiger partial charge >= 0.3 is 10.6 Å². The minimum atomic E-state index is -3.11. The minimum absolute atomic E-state index is 0.0417. The van der Waals surface area contributed by atoms with Crippen molar-refractivity contribution < 1.29 is 22.2 Å². The summed E-state index contributed by atoms with van der Waals surface area (Å²) in [5, 5.41) is 3.91. The van der Waals surface area contributed by atoms with Crippen LogP contribution in [0.3, 0.4) is 0 Å². The van der Waals surface area contributed by atoms with E-state index >= 15 is 0 Å². The summed E-state index contributed by atoms with van der Waals surface area (Å²) in [6, 6.07) is 30.5. The van der Waals surface area contributed by atoms with Gasteiger partial charge in [-0.2, -0.15) is 0 Å². The molecule has 1 amide bonds. The molecule has 1 atom stereocenters. The first-order chi connectivity index (χ1) is 23.7. The van der Waals surface area contributed by atoms with Crippen LogP contribution in [0.5, 0.6) is 0 Å². The fraction of sp³-hybridized carbons (Fsp3) is 0.381. The van der Waals surface area contributed by atoms with Gasteiger partial charge < -0.3 is 5.32 Å². The molecule has 4 aromatic carbocycles. The van der Waals surface area contributed by atoms with E-state index in [1.165, 1.54) is 31.2 Å². The van der Waals surface area contributed by atoms with Crippen LogP contribution in [0.25, 0.3) is 11.1 Å². The number of nitrogens with one attached hydrogen (secondary N) is 1. The van der Waals surface area contributed by atoms with Crippen LogP contribution in [-0.4, -0.2) is 24.3 Å². The summed E-state index contributed by atoms with van der Waals surface area (Å²) in [6.45, 7) is 11.2. The molecule has 8 heteroatoms. The highest BCUT2D eigenvalue weighted by Crippen LogP contribution is 2.43. The maximum absolute atomic E-state index is 14.0. The van der Waals surface area contributed by atoms with E-state index < -0.39 is 10.6 Å². The van der Waals surface area contributed by atoms with Gasteiger partial charge in [0, 0.05) is 22.7 Å². The maximum Gasteiger partial charge on any atom is 0.425 e. The Morgan fingerprint density at radius 1 is 0.840 bits per heavy atom. The minimum Gasteiger partial charge on any atom is -0.326 e. The second-order valence-electron chi connectivity index (χ2n) is 14.4. The van der Waals surface area contributed by atoms with Gasteiger partial charge in [0.2, 0.25) is 5.91 Å². The molecule has 0 aromatic heterocycles. The van der Waals surface area contributed by atoms with Crippen molar-refractivity contribution in [2.75, 3.05) is 5.32 Å². The van der Waals surface area contributed by atoms with Crippen LogP contribution in [-0.2, 0) is 21.8 Å². The van der Waals surface area contributed by atoms with Crippen LogP contribution in [0.2, 0.25) is 5.02 Å². The van der Waals surface area contributed by atoms with Crippen molar-refractivity contribution in [1.29, 1.82) is 0 Å². The van der Waals surface area contributed by atoms with E-state index in [2.05, 4.69) is 57.3 Å². The number of halogens is 1. The molecule has 50 heavy (non-hydrogen) atoms. The zero-order valence-electron chi connectivity index (χ0n) is 29.7. The molecule has 4 aromatic rings. The number of carbonyl (C=O) groups excluding carboxylic acids is 2. The first-order valence-electron chi connectivity index (χ1n) is 17.4. The average molecular weight is 714 g/mol. The molecule has 1 N–H and O–H groups in total. The summed E-state index contributed by atoms with van der Waals surface area (Å²) in [5.41, 5.74) is 8.58. The number of aryl methyl sites for hydroxylation is 1. The van der Waals surface area contributed by atoms with Gasteiger partial charge in [-0.05, 0) is 120 Å². The van der Waals surface area contributed by atoms with E-state index in [0.717, 1.165) is 56.4 Å². The molecule has 6 nitrogen and oxygen atoms in total. The highest BCUT2D eigenvalue weighted by molar-refractivity contribution is 7.59. The van der Waals surface area contributed by atoms with Crippen LogP contribution in [0, 0.1) is 18.3 Å². The summed E-state index contributed by atoms with van der Waals surface area (Å²) in [5.74, 6) is 1.11. The molecule has 0 radical (unpaired) electrons. The number of benzene rings is 4. The topological polar surface area (TPSA) is 97.4 Å². The second kappa shape index (κ2) is 17.7. The predicted octanol–water partition coefficient (Wildman–Crippen LogP) is 10.6. The number of hydrogen-bond donors (Lipinski definition) is 1. The van der Waals surface area contributed by atoms with Gasteiger partial charge in [0.25, 0.3) is 0 Å². The van der Waals surface area contributed by atoms with Gasteiger partial charge in [-0.15, -0.1) is 12.6 Å². The quantitative estimate of drug-likeness (QED) is 0.165. The van der Waals surface area contributed by atoms with Crippen molar-refractivity contribution >= 4 is 39.6 Å². The van der Waals surface area contributed by atoms with Crippen LogP contribution < -0.4 is 5.32 Å². The fourth-order valence-corrected chi connectivity index (χ4v) is 7.23. The van der Waals surface area contributed by atoms with Crippen molar-refractivity contribution in [2.24, 2.45) is 11.3 Å². The third-order valence-electron chi connectivity index (χ3n) is 9.92. The molecule has 0 aliphatic heterocycles. The van der Waals surface area contributed by atoms with Gasteiger partial charge in [0.1, 0.15) is 0 Å². The molecule has 1 fully saturated rings. The van der Waals surface area contributed by atoms with Gasteiger partial charge in [-0.1, -0.05) is 106 Å². The summed E-state index contributed by atoms with van der Waals surface area (Å²) in [6.07, 6.45) is 6.91. The molecule has 1 aliphatic carbocycles. The lowest BCUT2D eigenvalue weighted by atomic mass is 9.68. The van der Waals surface area contributed by atoms with E-state index in [0.29, 0.717) is 24.2 Å². The third-order valence-corrected chi connectivity index (χ3v) is 10.2. The van der Waals surface area contributed by atoms with Gasteiger partial charge in [-0.25, -0.2) is 0 Å². The third kappa shape index (κ3) is 11.0. The molecule has 0 heterocycles. The lowest BCUT2D eigenvalue weighted by Crippen LogP contribution is -2.25. The highest BCUT2D eigenvalue weighted by Gasteiger charge is 2.30. The molecule has 0 bridgehead atoms. The number of carbonyl (C=O) groups is 2. The van der Waals surface area contributed by atoms with E-state index in [9.17, 15) is 9.59 Å². The Bertz CT molecular complexity index is 1850. The van der Waals surface area contributed by atoms with Crippen molar-refractivity contribution in [1.82, 2.24) is 0 Å². The van der Waals surface area contributed by atoms with Crippen molar-refractivity contribution in [2.45, 2.75) is 91.4 Å². The zero-order chi connectivity index (χ0) is 36.4. The molecule has 0 unspecified atom stereocenters.